The van der Waals surface area contributed by atoms with Gasteiger partial charge in [-0.3, -0.25) is 4.99 Å². The van der Waals surface area contributed by atoms with Crippen LogP contribution >= 0.6 is 0 Å². The molecule has 0 spiro atoms. The highest BCUT2D eigenvalue weighted by Crippen LogP contribution is 2.24. The molecular weight excluding hydrogens is 143 g/mol. The van der Waals surface area contributed by atoms with Gasteiger partial charge < -0.3 is 5.73 Å². The Hall–Kier alpha value is -1.38. The van der Waals surface area contributed by atoms with E-state index < -0.39 is 0 Å². The summed E-state index contributed by atoms with van der Waals surface area (Å²) in [6, 6.07) is -0.137. The number of aliphatic imine (C=N–C) groups is 1. The van der Waals surface area contributed by atoms with E-state index in [-0.39, 0.29) is 17.6 Å². The smallest absolute Gasteiger partial charge is 0.144 e. The molecule has 1 atom stereocenters. The quantitative estimate of drug-likeness (QED) is 0.551. The molecule has 3 heteroatoms. The van der Waals surface area contributed by atoms with Crippen LogP contribution in [0.4, 0.5) is 4.39 Å². The van der Waals surface area contributed by atoms with E-state index in [0.29, 0.717) is 0 Å². The number of hydrogen-bond acceptors (Lipinski definition) is 2. The molecule has 0 aromatic carbocycles. The molecule has 0 aromatic rings. The van der Waals surface area contributed by atoms with E-state index in [2.05, 4.69) is 4.99 Å². The van der Waals surface area contributed by atoms with Gasteiger partial charge in [-0.2, -0.15) is 0 Å². The van der Waals surface area contributed by atoms with Gasteiger partial charge in [-0.1, -0.05) is 0 Å². The van der Waals surface area contributed by atoms with Crippen LogP contribution in [0.15, 0.2) is 40.3 Å². The lowest BCUT2D eigenvalue weighted by atomic mass is 10.0. The standard InChI is InChI=1S/C8H7FN2/c9-6-4-8-5(1-2-11-8)3-7(6)10/h1-4,8H,10H2/t8-/m1/s1. The van der Waals surface area contributed by atoms with Crippen LogP contribution in [0.1, 0.15) is 0 Å². The second-order valence-electron chi connectivity index (χ2n) is 2.52. The van der Waals surface area contributed by atoms with Gasteiger partial charge in [0.25, 0.3) is 0 Å². The maximum atomic E-state index is 12.8. The van der Waals surface area contributed by atoms with Crippen molar-refractivity contribution in [1.82, 2.24) is 0 Å². The van der Waals surface area contributed by atoms with E-state index in [1.165, 1.54) is 6.08 Å². The summed E-state index contributed by atoms with van der Waals surface area (Å²) < 4.78 is 12.8. The molecule has 2 rings (SSSR count). The Kier molecular flexibility index (Phi) is 1.18. The zero-order valence-electron chi connectivity index (χ0n) is 5.79. The molecule has 2 aliphatic rings. The van der Waals surface area contributed by atoms with Crippen LogP contribution in [0.5, 0.6) is 0 Å². The van der Waals surface area contributed by atoms with E-state index in [1.807, 2.05) is 6.08 Å². The molecule has 11 heavy (non-hydrogen) atoms. The predicted molar refractivity (Wildman–Crippen MR) is 41.8 cm³/mol. The Morgan fingerprint density at radius 3 is 3.18 bits per heavy atom. The molecule has 0 radical (unpaired) electrons. The molecule has 1 heterocycles. The fourth-order valence-electron chi connectivity index (χ4n) is 1.16. The number of nitrogens with zero attached hydrogens (tertiary/aromatic N) is 1. The molecule has 1 aliphatic heterocycles. The average molecular weight is 150 g/mol. The first kappa shape index (κ1) is 6.34. The van der Waals surface area contributed by atoms with Crippen molar-refractivity contribution >= 4 is 6.21 Å². The Bertz CT molecular complexity index is 310. The number of hydrogen-bond donors (Lipinski definition) is 1. The maximum absolute atomic E-state index is 12.8. The maximum Gasteiger partial charge on any atom is 0.144 e. The van der Waals surface area contributed by atoms with Gasteiger partial charge in [-0.25, -0.2) is 4.39 Å². The first-order chi connectivity index (χ1) is 5.27. The van der Waals surface area contributed by atoms with Crippen molar-refractivity contribution in [1.29, 1.82) is 0 Å². The number of nitrogens with two attached hydrogens (primary N) is 1. The van der Waals surface area contributed by atoms with Crippen LogP contribution in [0.2, 0.25) is 0 Å². The molecule has 56 valence electrons. The summed E-state index contributed by atoms with van der Waals surface area (Å²) in [5.74, 6) is -0.369. The van der Waals surface area contributed by atoms with Crippen molar-refractivity contribution in [3.63, 3.8) is 0 Å². The molecule has 0 bridgehead atoms. The molecule has 0 aromatic heterocycles. The lowest BCUT2D eigenvalue weighted by molar-refractivity contribution is 0.634. The van der Waals surface area contributed by atoms with Crippen molar-refractivity contribution < 1.29 is 4.39 Å². The average Bonchev–Trinajstić information content (AvgIpc) is 2.36. The second-order valence-corrected chi connectivity index (χ2v) is 2.52. The van der Waals surface area contributed by atoms with Crippen LogP contribution in [-0.4, -0.2) is 12.3 Å². The third kappa shape index (κ3) is 0.888. The van der Waals surface area contributed by atoms with E-state index in [4.69, 9.17) is 5.73 Å². The highest BCUT2D eigenvalue weighted by molar-refractivity contribution is 5.78. The van der Waals surface area contributed by atoms with E-state index in [1.54, 1.807) is 12.3 Å². The first-order valence-corrected chi connectivity index (χ1v) is 3.35. The van der Waals surface area contributed by atoms with Gasteiger partial charge in [-0.05, 0) is 23.8 Å². The highest BCUT2D eigenvalue weighted by Gasteiger charge is 2.18. The lowest BCUT2D eigenvalue weighted by Crippen LogP contribution is -2.10. The predicted octanol–water partition coefficient (Wildman–Crippen LogP) is 1.08. The minimum absolute atomic E-state index is 0.137. The summed E-state index contributed by atoms with van der Waals surface area (Å²) in [6.07, 6.45) is 6.54. The number of halogens is 1. The first-order valence-electron chi connectivity index (χ1n) is 3.35. The molecule has 2 N–H and O–H groups in total. The van der Waals surface area contributed by atoms with Crippen LogP contribution in [0.3, 0.4) is 0 Å². The monoisotopic (exact) mass is 150 g/mol. The highest BCUT2D eigenvalue weighted by atomic mass is 19.1. The molecule has 0 saturated heterocycles. The Labute approximate surface area is 63.6 Å². The minimum Gasteiger partial charge on any atom is -0.396 e. The van der Waals surface area contributed by atoms with Gasteiger partial charge >= 0.3 is 0 Å². The summed E-state index contributed by atoms with van der Waals surface area (Å²) in [6.45, 7) is 0. The van der Waals surface area contributed by atoms with Gasteiger partial charge in [-0.15, -0.1) is 0 Å². The zero-order chi connectivity index (χ0) is 7.84. The Morgan fingerprint density at radius 2 is 2.36 bits per heavy atom. The van der Waals surface area contributed by atoms with Crippen LogP contribution in [0.25, 0.3) is 0 Å². The third-order valence-electron chi connectivity index (χ3n) is 1.76. The SMILES string of the molecule is NC1=CC2=CC=N[C@@H]2C=C1F. The molecule has 0 fully saturated rings. The third-order valence-corrected chi connectivity index (χ3v) is 1.76. The number of allylic oxidation sites excluding steroid dienone is 2. The van der Waals surface area contributed by atoms with E-state index >= 15 is 0 Å². The van der Waals surface area contributed by atoms with Gasteiger partial charge in [0.15, 0.2) is 0 Å². The fourth-order valence-corrected chi connectivity index (χ4v) is 1.16. The molecule has 1 aliphatic carbocycles. The van der Waals surface area contributed by atoms with Crippen LogP contribution < -0.4 is 5.73 Å². The Balaban J connectivity index is 2.43. The van der Waals surface area contributed by atoms with Crippen LogP contribution in [-0.2, 0) is 0 Å². The normalized spacial score (nSPS) is 27.4. The summed E-state index contributed by atoms with van der Waals surface area (Å²) in [7, 11) is 0. The molecule has 0 saturated carbocycles. The zero-order valence-corrected chi connectivity index (χ0v) is 5.79. The Morgan fingerprint density at radius 1 is 1.55 bits per heavy atom. The molecule has 0 amide bonds. The molecule has 2 nitrogen and oxygen atoms in total. The summed E-state index contributed by atoms with van der Waals surface area (Å²) in [5, 5.41) is 0. The topological polar surface area (TPSA) is 38.4 Å². The van der Waals surface area contributed by atoms with Crippen molar-refractivity contribution in [3.8, 4) is 0 Å². The minimum atomic E-state index is -0.369. The van der Waals surface area contributed by atoms with Crippen molar-refractivity contribution in [2.45, 2.75) is 6.04 Å². The van der Waals surface area contributed by atoms with E-state index in [0.717, 1.165) is 5.57 Å². The lowest BCUT2D eigenvalue weighted by Gasteiger charge is -2.11. The summed E-state index contributed by atoms with van der Waals surface area (Å²) >= 11 is 0. The second kappa shape index (κ2) is 2.05. The van der Waals surface area contributed by atoms with Crippen molar-refractivity contribution in [2.75, 3.05) is 0 Å². The van der Waals surface area contributed by atoms with Crippen molar-refractivity contribution in [3.05, 3.63) is 35.3 Å². The van der Waals surface area contributed by atoms with Crippen LogP contribution in [0, 0.1) is 0 Å². The summed E-state index contributed by atoms with van der Waals surface area (Å²) in [4.78, 5) is 4.01. The largest absolute Gasteiger partial charge is 0.396 e. The molecule has 0 unspecified atom stereocenters. The van der Waals surface area contributed by atoms with Gasteiger partial charge in [0.2, 0.25) is 0 Å². The van der Waals surface area contributed by atoms with Gasteiger partial charge in [0, 0.05) is 6.21 Å². The van der Waals surface area contributed by atoms with E-state index in [9.17, 15) is 4.39 Å². The molecular formula is C8H7FN2. The van der Waals surface area contributed by atoms with Crippen molar-refractivity contribution in [2.24, 2.45) is 10.7 Å². The van der Waals surface area contributed by atoms with Gasteiger partial charge in [0.1, 0.15) is 5.83 Å². The number of rotatable bonds is 0. The van der Waals surface area contributed by atoms with Gasteiger partial charge in [0.05, 0.1) is 11.7 Å². The summed E-state index contributed by atoms with van der Waals surface area (Å²) in [5.41, 5.74) is 6.51. The number of fused-ring (bicyclic) bond motifs is 1. The fraction of sp³-hybridized carbons (Fsp3) is 0.125.